The van der Waals surface area contributed by atoms with Crippen LogP contribution in [0.25, 0.3) is 0 Å². The Labute approximate surface area is 155 Å². The number of rotatable bonds is 5. The number of benzene rings is 2. The number of nitrogens with zero attached hydrogens (tertiary/aromatic N) is 1. The van der Waals surface area contributed by atoms with E-state index in [-0.39, 0.29) is 22.9 Å². The van der Waals surface area contributed by atoms with Crippen molar-refractivity contribution in [2.24, 2.45) is 0 Å². The summed E-state index contributed by atoms with van der Waals surface area (Å²) in [4.78, 5) is 12.6. The molecule has 2 aromatic rings. The highest BCUT2D eigenvalue weighted by Crippen LogP contribution is 2.37. The molecule has 6 heteroatoms. The van der Waals surface area contributed by atoms with E-state index >= 15 is 0 Å². The molecule has 2 atom stereocenters. The number of nitrogens with one attached hydrogen (secondary N) is 1. The monoisotopic (exact) mass is 372 g/mol. The van der Waals surface area contributed by atoms with Gasteiger partial charge >= 0.3 is 0 Å². The van der Waals surface area contributed by atoms with Gasteiger partial charge in [-0.1, -0.05) is 25.1 Å². The van der Waals surface area contributed by atoms with Crippen LogP contribution in [-0.4, -0.2) is 26.4 Å². The van der Waals surface area contributed by atoms with Crippen molar-refractivity contribution >= 4 is 21.6 Å². The second-order valence-corrected chi connectivity index (χ2v) is 8.61. The number of amides is 1. The molecule has 5 nitrogen and oxygen atoms in total. The zero-order valence-electron chi connectivity index (χ0n) is 15.3. The third-order valence-electron chi connectivity index (χ3n) is 4.78. The van der Waals surface area contributed by atoms with Crippen molar-refractivity contribution in [2.45, 2.75) is 50.6 Å². The summed E-state index contributed by atoms with van der Waals surface area (Å²) in [7, 11) is -3.62. The fraction of sp³-hybridized carbons (Fsp3) is 0.350. The van der Waals surface area contributed by atoms with E-state index < -0.39 is 10.0 Å². The number of sulfonamides is 1. The van der Waals surface area contributed by atoms with E-state index in [0.717, 1.165) is 12.0 Å². The van der Waals surface area contributed by atoms with Crippen molar-refractivity contribution < 1.29 is 13.2 Å². The Kier molecular flexibility index (Phi) is 5.05. The van der Waals surface area contributed by atoms with Gasteiger partial charge < -0.3 is 5.32 Å². The molecule has 0 aromatic heterocycles. The van der Waals surface area contributed by atoms with Gasteiger partial charge in [0.15, 0.2) is 0 Å². The van der Waals surface area contributed by atoms with Gasteiger partial charge in [0, 0.05) is 17.6 Å². The predicted molar refractivity (Wildman–Crippen MR) is 103 cm³/mol. The number of fused-ring (bicyclic) bond motifs is 1. The highest BCUT2D eigenvalue weighted by molar-refractivity contribution is 7.92. The zero-order valence-corrected chi connectivity index (χ0v) is 16.1. The Hall–Kier alpha value is -2.34. The molecule has 26 heavy (non-hydrogen) atoms. The largest absolute Gasteiger partial charge is 0.350 e. The lowest BCUT2D eigenvalue weighted by atomic mass is 10.1. The van der Waals surface area contributed by atoms with Crippen molar-refractivity contribution in [2.75, 3.05) is 4.31 Å². The molecule has 3 rings (SSSR count). The summed E-state index contributed by atoms with van der Waals surface area (Å²) in [5.74, 6) is -0.126. The molecule has 0 unspecified atom stereocenters. The minimum atomic E-state index is -3.62. The highest BCUT2D eigenvalue weighted by atomic mass is 32.2. The molecule has 1 aliphatic heterocycles. The predicted octanol–water partition coefficient (Wildman–Crippen LogP) is 3.35. The molecule has 1 aliphatic rings. The Morgan fingerprint density at radius 2 is 1.92 bits per heavy atom. The van der Waals surface area contributed by atoms with Crippen LogP contribution in [0.5, 0.6) is 0 Å². The van der Waals surface area contributed by atoms with E-state index in [0.29, 0.717) is 17.7 Å². The molecule has 0 saturated heterocycles. The molecular weight excluding hydrogens is 348 g/mol. The van der Waals surface area contributed by atoms with Crippen molar-refractivity contribution in [1.29, 1.82) is 0 Å². The number of hydrogen-bond acceptors (Lipinski definition) is 3. The van der Waals surface area contributed by atoms with Crippen LogP contribution < -0.4 is 9.62 Å². The first kappa shape index (κ1) is 18.5. The zero-order chi connectivity index (χ0) is 18.9. The van der Waals surface area contributed by atoms with Crippen molar-refractivity contribution in [1.82, 2.24) is 5.32 Å². The van der Waals surface area contributed by atoms with E-state index in [1.54, 1.807) is 42.5 Å². The maximum Gasteiger partial charge on any atom is 0.264 e. The Bertz CT molecular complexity index is 910. The number of anilines is 1. The fourth-order valence-electron chi connectivity index (χ4n) is 3.23. The van der Waals surface area contributed by atoms with Crippen LogP contribution in [0.1, 0.15) is 43.1 Å². The van der Waals surface area contributed by atoms with E-state index in [9.17, 15) is 13.2 Å². The van der Waals surface area contributed by atoms with Crippen molar-refractivity contribution in [3.05, 3.63) is 59.7 Å². The summed E-state index contributed by atoms with van der Waals surface area (Å²) in [6.45, 7) is 5.86. The second-order valence-electron chi connectivity index (χ2n) is 6.79. The minimum Gasteiger partial charge on any atom is -0.350 e. The molecular formula is C20H24N2O3S. The second kappa shape index (κ2) is 7.11. The van der Waals surface area contributed by atoms with Crippen LogP contribution in [0.4, 0.5) is 5.69 Å². The third-order valence-corrected chi connectivity index (χ3v) is 6.73. The standard InChI is InChI=1S/C20H24N2O3S/c1-4-14(2)21-20(23)16-10-11-19-17(13-16)12-15(3)22(19)26(24,25)18-8-6-5-7-9-18/h5-11,13-15H,4,12H2,1-3H3,(H,21,23)/t14-,15-/m1/s1. The van der Waals surface area contributed by atoms with Gasteiger partial charge in [-0.3, -0.25) is 9.10 Å². The molecule has 0 fully saturated rings. The molecule has 0 bridgehead atoms. The fourth-order valence-corrected chi connectivity index (χ4v) is 4.94. The molecule has 138 valence electrons. The smallest absolute Gasteiger partial charge is 0.264 e. The normalized spacial score (nSPS) is 17.7. The van der Waals surface area contributed by atoms with Gasteiger partial charge in [0.2, 0.25) is 0 Å². The van der Waals surface area contributed by atoms with Gasteiger partial charge in [-0.05, 0) is 62.6 Å². The average Bonchev–Trinajstić information content (AvgIpc) is 2.97. The SMILES string of the molecule is CC[C@@H](C)NC(=O)c1ccc2c(c1)C[C@@H](C)N2S(=O)(=O)c1ccccc1. The minimum absolute atomic E-state index is 0.102. The summed E-state index contributed by atoms with van der Waals surface area (Å²) >= 11 is 0. The van der Waals surface area contributed by atoms with Crippen LogP contribution in [0.2, 0.25) is 0 Å². The summed E-state index contributed by atoms with van der Waals surface area (Å²) < 4.78 is 27.6. The summed E-state index contributed by atoms with van der Waals surface area (Å²) in [5, 5.41) is 2.94. The molecule has 0 radical (unpaired) electrons. The van der Waals surface area contributed by atoms with Crippen LogP contribution in [-0.2, 0) is 16.4 Å². The maximum atomic E-state index is 13.1. The van der Waals surface area contributed by atoms with Gasteiger partial charge in [-0.15, -0.1) is 0 Å². The number of hydrogen-bond donors (Lipinski definition) is 1. The van der Waals surface area contributed by atoms with E-state index in [1.165, 1.54) is 4.31 Å². The lowest BCUT2D eigenvalue weighted by Gasteiger charge is -2.24. The van der Waals surface area contributed by atoms with Crippen LogP contribution in [0.15, 0.2) is 53.4 Å². The van der Waals surface area contributed by atoms with E-state index in [4.69, 9.17) is 0 Å². The van der Waals surface area contributed by atoms with Crippen LogP contribution in [0.3, 0.4) is 0 Å². The van der Waals surface area contributed by atoms with Crippen LogP contribution >= 0.6 is 0 Å². The number of carbonyl (C=O) groups is 1. The van der Waals surface area contributed by atoms with Crippen LogP contribution in [0, 0.1) is 0 Å². The number of carbonyl (C=O) groups excluding carboxylic acids is 1. The first-order valence-electron chi connectivity index (χ1n) is 8.88. The third kappa shape index (κ3) is 3.33. The van der Waals surface area contributed by atoms with Gasteiger partial charge in [-0.25, -0.2) is 8.42 Å². The Balaban J connectivity index is 1.94. The molecule has 1 heterocycles. The molecule has 0 aliphatic carbocycles. The molecule has 0 saturated carbocycles. The lowest BCUT2D eigenvalue weighted by Crippen LogP contribution is -2.35. The van der Waals surface area contributed by atoms with Crippen molar-refractivity contribution in [3.63, 3.8) is 0 Å². The van der Waals surface area contributed by atoms with Crippen molar-refractivity contribution in [3.8, 4) is 0 Å². The molecule has 1 amide bonds. The van der Waals surface area contributed by atoms with Gasteiger partial charge in [0.05, 0.1) is 10.6 Å². The molecule has 1 N–H and O–H groups in total. The molecule has 0 spiro atoms. The maximum absolute atomic E-state index is 13.1. The van der Waals surface area contributed by atoms with E-state index in [2.05, 4.69) is 5.32 Å². The summed E-state index contributed by atoms with van der Waals surface area (Å²) in [5.41, 5.74) is 2.10. The lowest BCUT2D eigenvalue weighted by molar-refractivity contribution is 0.0939. The quantitative estimate of drug-likeness (QED) is 0.875. The van der Waals surface area contributed by atoms with E-state index in [1.807, 2.05) is 26.8 Å². The topological polar surface area (TPSA) is 66.5 Å². The first-order valence-corrected chi connectivity index (χ1v) is 10.3. The average molecular weight is 372 g/mol. The summed E-state index contributed by atoms with van der Waals surface area (Å²) in [6, 6.07) is 13.6. The van der Waals surface area contributed by atoms with Gasteiger partial charge in [0.25, 0.3) is 15.9 Å². The Morgan fingerprint density at radius 3 is 2.58 bits per heavy atom. The van der Waals surface area contributed by atoms with Gasteiger partial charge in [-0.2, -0.15) is 0 Å². The van der Waals surface area contributed by atoms with Gasteiger partial charge in [0.1, 0.15) is 0 Å². The highest BCUT2D eigenvalue weighted by Gasteiger charge is 2.36. The summed E-state index contributed by atoms with van der Waals surface area (Å²) in [6.07, 6.45) is 1.45. The first-order chi connectivity index (χ1) is 12.3. The Morgan fingerprint density at radius 1 is 1.23 bits per heavy atom. The molecule has 2 aromatic carbocycles.